The number of carbonyl (C=O) groups is 2. The molecular formula is C23H30N4O3. The van der Waals surface area contributed by atoms with Crippen molar-refractivity contribution in [2.24, 2.45) is 0 Å². The van der Waals surface area contributed by atoms with Crippen molar-refractivity contribution in [2.45, 2.75) is 45.4 Å². The third-order valence-corrected chi connectivity index (χ3v) is 4.63. The minimum Gasteiger partial charge on any atom is -0.444 e. The summed E-state index contributed by atoms with van der Waals surface area (Å²) in [4.78, 5) is 26.3. The predicted molar refractivity (Wildman–Crippen MR) is 119 cm³/mol. The Hall–Kier alpha value is -3.22. The lowest BCUT2D eigenvalue weighted by Gasteiger charge is -2.20. The molecule has 0 radical (unpaired) electrons. The molecule has 0 saturated carbocycles. The van der Waals surface area contributed by atoms with E-state index in [1.807, 2.05) is 80.3 Å². The van der Waals surface area contributed by atoms with Crippen LogP contribution in [0.1, 0.15) is 32.8 Å². The summed E-state index contributed by atoms with van der Waals surface area (Å²) in [7, 11) is 0. The van der Waals surface area contributed by atoms with Crippen LogP contribution in [0.4, 0.5) is 21.0 Å². The first-order chi connectivity index (χ1) is 14.3. The summed E-state index contributed by atoms with van der Waals surface area (Å²) in [5, 5.41) is 9.15. The van der Waals surface area contributed by atoms with Gasteiger partial charge in [0.2, 0.25) is 0 Å². The Morgan fingerprint density at radius 1 is 1.07 bits per heavy atom. The molecule has 7 heteroatoms. The molecule has 2 aromatic carbocycles. The van der Waals surface area contributed by atoms with E-state index in [1.165, 1.54) is 0 Å². The van der Waals surface area contributed by atoms with E-state index >= 15 is 0 Å². The molecule has 0 aromatic heterocycles. The Labute approximate surface area is 177 Å². The molecule has 160 valence electrons. The average molecular weight is 411 g/mol. The predicted octanol–water partition coefficient (Wildman–Crippen LogP) is 4.43. The lowest BCUT2D eigenvalue weighted by atomic mass is 10.2. The number of likely N-dealkylation sites (tertiary alicyclic amines) is 1. The SMILES string of the molecule is CC(C)(C)OC(=O)NCc1cccc(NC(=O)N2CCC(Nc3ccccc3)C2)c1. The van der Waals surface area contributed by atoms with Crippen LogP contribution in [0, 0.1) is 0 Å². The van der Waals surface area contributed by atoms with Crippen LogP contribution in [0.2, 0.25) is 0 Å². The van der Waals surface area contributed by atoms with E-state index < -0.39 is 11.7 Å². The number of hydrogen-bond donors (Lipinski definition) is 3. The third-order valence-electron chi connectivity index (χ3n) is 4.63. The quantitative estimate of drug-likeness (QED) is 0.681. The van der Waals surface area contributed by atoms with Crippen molar-refractivity contribution in [3.63, 3.8) is 0 Å². The highest BCUT2D eigenvalue weighted by molar-refractivity contribution is 5.89. The number of carbonyl (C=O) groups excluding carboxylic acids is 2. The smallest absolute Gasteiger partial charge is 0.407 e. The van der Waals surface area contributed by atoms with Crippen molar-refractivity contribution in [1.82, 2.24) is 10.2 Å². The molecule has 1 aliphatic heterocycles. The number of rotatable bonds is 5. The Kier molecular flexibility index (Phi) is 6.82. The molecular weight excluding hydrogens is 380 g/mol. The normalized spacial score (nSPS) is 16.1. The first kappa shape index (κ1) is 21.5. The van der Waals surface area contributed by atoms with Gasteiger partial charge in [0.25, 0.3) is 0 Å². The summed E-state index contributed by atoms with van der Waals surface area (Å²) in [5.74, 6) is 0. The first-order valence-corrected chi connectivity index (χ1v) is 10.2. The standard InChI is InChI=1S/C23H30N4O3/c1-23(2,3)30-22(29)24-15-17-8-7-11-19(14-17)26-21(28)27-13-12-20(16-27)25-18-9-5-4-6-10-18/h4-11,14,20,25H,12-13,15-16H2,1-3H3,(H,24,29)(H,26,28). The van der Waals surface area contributed by atoms with Crippen molar-refractivity contribution < 1.29 is 14.3 Å². The maximum absolute atomic E-state index is 12.6. The number of amides is 3. The molecule has 2 aromatic rings. The van der Waals surface area contributed by atoms with Crippen molar-refractivity contribution in [2.75, 3.05) is 23.7 Å². The Morgan fingerprint density at radius 2 is 1.80 bits per heavy atom. The summed E-state index contributed by atoms with van der Waals surface area (Å²) in [6.07, 6.45) is 0.438. The van der Waals surface area contributed by atoms with Crippen LogP contribution in [-0.2, 0) is 11.3 Å². The first-order valence-electron chi connectivity index (χ1n) is 10.2. The molecule has 1 fully saturated rings. The summed E-state index contributed by atoms with van der Waals surface area (Å²) in [6, 6.07) is 17.6. The lowest BCUT2D eigenvalue weighted by Crippen LogP contribution is -2.35. The number of hydrogen-bond acceptors (Lipinski definition) is 4. The fraction of sp³-hybridized carbons (Fsp3) is 0.391. The van der Waals surface area contributed by atoms with Crippen molar-refractivity contribution in [3.05, 3.63) is 60.2 Å². The van der Waals surface area contributed by atoms with E-state index in [0.29, 0.717) is 25.3 Å². The minimum absolute atomic E-state index is 0.121. The molecule has 1 unspecified atom stereocenters. The van der Waals surface area contributed by atoms with Gasteiger partial charge in [-0.2, -0.15) is 0 Å². The summed E-state index contributed by atoms with van der Waals surface area (Å²) in [6.45, 7) is 7.14. The molecule has 1 atom stereocenters. The van der Waals surface area contributed by atoms with Crippen LogP contribution in [0.25, 0.3) is 0 Å². The second-order valence-corrected chi connectivity index (χ2v) is 8.43. The van der Waals surface area contributed by atoms with E-state index in [4.69, 9.17) is 4.74 Å². The Bertz CT molecular complexity index is 864. The second kappa shape index (κ2) is 9.52. The van der Waals surface area contributed by atoms with Crippen LogP contribution in [0.5, 0.6) is 0 Å². The molecule has 1 aliphatic rings. The van der Waals surface area contributed by atoms with Gasteiger partial charge in [0, 0.05) is 37.1 Å². The zero-order chi connectivity index (χ0) is 21.6. The maximum Gasteiger partial charge on any atom is 0.407 e. The highest BCUT2D eigenvalue weighted by atomic mass is 16.6. The summed E-state index contributed by atoms with van der Waals surface area (Å²) in [5.41, 5.74) is 2.10. The number of alkyl carbamates (subject to hydrolysis) is 1. The largest absolute Gasteiger partial charge is 0.444 e. The van der Waals surface area contributed by atoms with Crippen molar-refractivity contribution >= 4 is 23.5 Å². The van der Waals surface area contributed by atoms with Crippen LogP contribution in [-0.4, -0.2) is 41.8 Å². The summed E-state index contributed by atoms with van der Waals surface area (Å²) < 4.78 is 5.24. The van der Waals surface area contributed by atoms with Gasteiger partial charge in [0.15, 0.2) is 0 Å². The van der Waals surface area contributed by atoms with Crippen LogP contribution < -0.4 is 16.0 Å². The van der Waals surface area contributed by atoms with E-state index in [0.717, 1.165) is 17.7 Å². The van der Waals surface area contributed by atoms with Gasteiger partial charge in [0.1, 0.15) is 5.60 Å². The molecule has 3 N–H and O–H groups in total. The highest BCUT2D eigenvalue weighted by Crippen LogP contribution is 2.18. The number of benzene rings is 2. The third kappa shape index (κ3) is 6.69. The molecule has 0 aliphatic carbocycles. The topological polar surface area (TPSA) is 82.7 Å². The van der Waals surface area contributed by atoms with E-state index in [-0.39, 0.29) is 12.1 Å². The van der Waals surface area contributed by atoms with Crippen LogP contribution >= 0.6 is 0 Å². The molecule has 30 heavy (non-hydrogen) atoms. The number of para-hydroxylation sites is 1. The lowest BCUT2D eigenvalue weighted by molar-refractivity contribution is 0.0523. The minimum atomic E-state index is -0.539. The van der Waals surface area contributed by atoms with Gasteiger partial charge >= 0.3 is 12.1 Å². The second-order valence-electron chi connectivity index (χ2n) is 8.43. The van der Waals surface area contributed by atoms with E-state index in [2.05, 4.69) is 16.0 Å². The number of nitrogens with zero attached hydrogens (tertiary/aromatic N) is 1. The molecule has 0 bridgehead atoms. The van der Waals surface area contributed by atoms with Gasteiger partial charge in [-0.05, 0) is 57.0 Å². The Balaban J connectivity index is 1.48. The zero-order valence-electron chi connectivity index (χ0n) is 17.8. The molecule has 0 spiro atoms. The van der Waals surface area contributed by atoms with Gasteiger partial charge in [-0.15, -0.1) is 0 Å². The van der Waals surface area contributed by atoms with Crippen molar-refractivity contribution in [3.8, 4) is 0 Å². The summed E-state index contributed by atoms with van der Waals surface area (Å²) >= 11 is 0. The highest BCUT2D eigenvalue weighted by Gasteiger charge is 2.26. The number of urea groups is 1. The van der Waals surface area contributed by atoms with Crippen LogP contribution in [0.15, 0.2) is 54.6 Å². The molecule has 3 amide bonds. The van der Waals surface area contributed by atoms with Gasteiger partial charge < -0.3 is 25.6 Å². The van der Waals surface area contributed by atoms with Crippen molar-refractivity contribution in [1.29, 1.82) is 0 Å². The Morgan fingerprint density at radius 3 is 2.53 bits per heavy atom. The molecule has 3 rings (SSSR count). The fourth-order valence-electron chi connectivity index (χ4n) is 3.28. The van der Waals surface area contributed by atoms with Gasteiger partial charge in [-0.25, -0.2) is 9.59 Å². The van der Waals surface area contributed by atoms with Gasteiger partial charge in [0.05, 0.1) is 0 Å². The monoisotopic (exact) mass is 410 g/mol. The fourth-order valence-corrected chi connectivity index (χ4v) is 3.28. The molecule has 1 heterocycles. The number of ether oxygens (including phenoxy) is 1. The zero-order valence-corrected chi connectivity index (χ0v) is 17.8. The van der Waals surface area contributed by atoms with Gasteiger partial charge in [-0.3, -0.25) is 0 Å². The van der Waals surface area contributed by atoms with Crippen LogP contribution in [0.3, 0.4) is 0 Å². The molecule has 7 nitrogen and oxygen atoms in total. The average Bonchev–Trinajstić information content (AvgIpc) is 3.15. The van der Waals surface area contributed by atoms with E-state index in [1.54, 1.807) is 0 Å². The van der Waals surface area contributed by atoms with Gasteiger partial charge in [-0.1, -0.05) is 30.3 Å². The number of anilines is 2. The molecule has 1 saturated heterocycles. The maximum atomic E-state index is 12.6. The van der Waals surface area contributed by atoms with E-state index in [9.17, 15) is 9.59 Å². The number of nitrogens with one attached hydrogen (secondary N) is 3.